The summed E-state index contributed by atoms with van der Waals surface area (Å²) < 4.78 is 1.01. The maximum Gasteiger partial charge on any atom is 0.307 e. The zero-order valence-electron chi connectivity index (χ0n) is 14.3. The van der Waals surface area contributed by atoms with Crippen LogP contribution in [-0.4, -0.2) is 33.5 Å². The number of thiazole rings is 2. The highest BCUT2D eigenvalue weighted by Gasteiger charge is 2.16. The summed E-state index contributed by atoms with van der Waals surface area (Å²) in [6, 6.07) is 7.70. The molecule has 0 fully saturated rings. The summed E-state index contributed by atoms with van der Waals surface area (Å²) in [5.74, 6) is -1.00. The number of hydrogen-bond donors (Lipinski definition) is 1. The normalized spacial score (nSPS) is 11.7. The molecule has 134 valence electrons. The molecule has 0 radical (unpaired) electrons. The van der Waals surface area contributed by atoms with Crippen LogP contribution in [0.2, 0.25) is 0 Å². The maximum atomic E-state index is 11.7. The van der Waals surface area contributed by atoms with Crippen LogP contribution in [0.15, 0.2) is 29.6 Å². The minimum Gasteiger partial charge on any atom is -0.481 e. The lowest BCUT2D eigenvalue weighted by Crippen LogP contribution is -2.27. The molecule has 2 heterocycles. The van der Waals surface area contributed by atoms with Crippen LogP contribution < -0.4 is 4.90 Å². The van der Waals surface area contributed by atoms with Gasteiger partial charge in [-0.15, -0.1) is 22.7 Å². The number of para-hydroxylation sites is 1. The van der Waals surface area contributed by atoms with E-state index in [-0.39, 0.29) is 12.3 Å². The summed E-state index contributed by atoms with van der Waals surface area (Å²) in [6.07, 6.45) is 1.59. The van der Waals surface area contributed by atoms with Crippen molar-refractivity contribution in [2.24, 2.45) is 0 Å². The minimum absolute atomic E-state index is 0.0747. The Bertz CT molecular complexity index is 957. The second-order valence-corrected chi connectivity index (χ2v) is 7.41. The van der Waals surface area contributed by atoms with Crippen LogP contribution >= 0.6 is 22.7 Å². The Morgan fingerprint density at radius 1 is 1.27 bits per heavy atom. The summed E-state index contributed by atoms with van der Waals surface area (Å²) in [4.78, 5) is 33.6. The van der Waals surface area contributed by atoms with Crippen molar-refractivity contribution in [2.75, 3.05) is 11.4 Å². The van der Waals surface area contributed by atoms with Gasteiger partial charge in [-0.2, -0.15) is 0 Å². The van der Waals surface area contributed by atoms with E-state index in [1.807, 2.05) is 36.6 Å². The van der Waals surface area contributed by atoms with Crippen LogP contribution in [0.25, 0.3) is 21.9 Å². The Kier molecular flexibility index (Phi) is 5.43. The van der Waals surface area contributed by atoms with Gasteiger partial charge < -0.3 is 5.11 Å². The van der Waals surface area contributed by atoms with Crippen molar-refractivity contribution in [1.82, 2.24) is 9.97 Å². The van der Waals surface area contributed by atoms with E-state index in [2.05, 4.69) is 9.97 Å². The van der Waals surface area contributed by atoms with Crippen LogP contribution in [0.5, 0.6) is 0 Å². The van der Waals surface area contributed by atoms with Gasteiger partial charge in [-0.3, -0.25) is 14.5 Å². The molecule has 0 aliphatic heterocycles. The molecule has 0 spiro atoms. The number of rotatable bonds is 6. The average molecular weight is 387 g/mol. The average Bonchev–Trinajstić information content (AvgIpc) is 3.21. The van der Waals surface area contributed by atoms with Crippen molar-refractivity contribution in [3.8, 4) is 0 Å². The van der Waals surface area contributed by atoms with E-state index < -0.39 is 5.97 Å². The molecule has 2 aromatic heterocycles. The van der Waals surface area contributed by atoms with Gasteiger partial charge in [-0.1, -0.05) is 12.1 Å². The lowest BCUT2D eigenvalue weighted by atomic mass is 10.1. The largest absolute Gasteiger partial charge is 0.481 e. The molecular weight excluding hydrogens is 370 g/mol. The Labute approximate surface area is 158 Å². The molecule has 3 aromatic rings. The van der Waals surface area contributed by atoms with E-state index in [4.69, 9.17) is 0 Å². The van der Waals surface area contributed by atoms with Gasteiger partial charge in [0.25, 0.3) is 0 Å². The first-order chi connectivity index (χ1) is 12.5. The Morgan fingerprint density at radius 2 is 2.04 bits per heavy atom. The van der Waals surface area contributed by atoms with Crippen LogP contribution in [0, 0.1) is 0 Å². The summed E-state index contributed by atoms with van der Waals surface area (Å²) in [5, 5.41) is 12.4. The third-order valence-corrected chi connectivity index (χ3v) is 5.66. The topological polar surface area (TPSA) is 83.4 Å². The number of aromatic nitrogens is 2. The van der Waals surface area contributed by atoms with Crippen molar-refractivity contribution in [3.63, 3.8) is 0 Å². The van der Waals surface area contributed by atoms with Gasteiger partial charge >= 0.3 is 5.97 Å². The molecule has 0 aliphatic carbocycles. The molecule has 8 heteroatoms. The molecule has 0 aliphatic rings. The van der Waals surface area contributed by atoms with Crippen molar-refractivity contribution in [3.05, 3.63) is 40.3 Å². The van der Waals surface area contributed by atoms with Crippen LogP contribution in [0.4, 0.5) is 5.13 Å². The second-order valence-electron chi connectivity index (χ2n) is 5.55. The molecule has 1 N–H and O–H groups in total. The highest BCUT2D eigenvalue weighted by molar-refractivity contribution is 7.19. The highest BCUT2D eigenvalue weighted by Crippen LogP contribution is 2.31. The molecule has 0 bridgehead atoms. The molecule has 1 aromatic carbocycles. The fraction of sp³-hybridized carbons (Fsp3) is 0.222. The summed E-state index contributed by atoms with van der Waals surface area (Å²) in [7, 11) is 0. The van der Waals surface area contributed by atoms with Crippen LogP contribution in [0.1, 0.15) is 31.0 Å². The Hall–Kier alpha value is -2.58. The predicted octanol–water partition coefficient (Wildman–Crippen LogP) is 4.14. The van der Waals surface area contributed by atoms with Gasteiger partial charge in [0.2, 0.25) is 5.91 Å². The van der Waals surface area contributed by atoms with E-state index >= 15 is 0 Å². The summed E-state index contributed by atoms with van der Waals surface area (Å²) >= 11 is 2.81. The van der Waals surface area contributed by atoms with Gasteiger partial charge in [-0.05, 0) is 25.1 Å². The van der Waals surface area contributed by atoms with Gasteiger partial charge in [0.1, 0.15) is 5.01 Å². The molecule has 0 saturated carbocycles. The van der Waals surface area contributed by atoms with Crippen LogP contribution in [-0.2, 0) is 9.59 Å². The molecule has 3 rings (SSSR count). The molecule has 0 saturated heterocycles. The molecule has 0 unspecified atom stereocenters. The van der Waals surface area contributed by atoms with Gasteiger partial charge in [0.05, 0.1) is 22.3 Å². The number of hydrogen-bond acceptors (Lipinski definition) is 6. The zero-order valence-corrected chi connectivity index (χ0v) is 15.9. The van der Waals surface area contributed by atoms with Crippen molar-refractivity contribution in [2.45, 2.75) is 20.3 Å². The Balaban J connectivity index is 1.99. The number of nitrogens with zero attached hydrogens (tertiary/aromatic N) is 3. The smallest absolute Gasteiger partial charge is 0.307 e. The number of fused-ring (bicyclic) bond motifs is 1. The third-order valence-electron chi connectivity index (χ3n) is 3.67. The number of anilines is 1. The molecule has 1 amide bonds. The lowest BCUT2D eigenvalue weighted by molar-refractivity contribution is -0.135. The number of aliphatic carboxylic acids is 1. The number of amides is 1. The fourth-order valence-corrected chi connectivity index (χ4v) is 4.37. The number of carboxylic acid groups (broad SMARTS) is 1. The van der Waals surface area contributed by atoms with Crippen LogP contribution in [0.3, 0.4) is 0 Å². The number of benzene rings is 1. The highest BCUT2D eigenvalue weighted by atomic mass is 32.1. The SMILES string of the molecule is CCN(C(C)=O)c1nc(C=C(CC(=O)O)c2nc3ccccc3s2)cs1. The maximum absolute atomic E-state index is 11.7. The second kappa shape index (κ2) is 7.76. The minimum atomic E-state index is -0.926. The predicted molar refractivity (Wildman–Crippen MR) is 106 cm³/mol. The molecule has 0 atom stereocenters. The standard InChI is InChI=1S/C18H17N3O3S2/c1-3-21(11(2)22)18-19-13(10-25-18)8-12(9-16(23)24)17-20-14-6-4-5-7-15(14)26-17/h4-8,10H,3,9H2,1-2H3,(H,23,24). The lowest BCUT2D eigenvalue weighted by Gasteiger charge is -2.14. The first kappa shape index (κ1) is 18.2. The quantitative estimate of drug-likeness (QED) is 0.687. The fourth-order valence-electron chi connectivity index (χ4n) is 2.50. The van der Waals surface area contributed by atoms with Crippen molar-refractivity contribution in [1.29, 1.82) is 0 Å². The van der Waals surface area contributed by atoms with Crippen molar-refractivity contribution >= 4 is 61.5 Å². The van der Waals surface area contributed by atoms with Gasteiger partial charge in [0.15, 0.2) is 5.13 Å². The molecule has 26 heavy (non-hydrogen) atoms. The number of carbonyl (C=O) groups is 2. The molecular formula is C18H17N3O3S2. The summed E-state index contributed by atoms with van der Waals surface area (Å²) in [5.41, 5.74) is 2.07. The van der Waals surface area contributed by atoms with E-state index in [1.165, 1.54) is 29.6 Å². The number of carboxylic acids is 1. The first-order valence-electron chi connectivity index (χ1n) is 8.00. The monoisotopic (exact) mass is 387 g/mol. The van der Waals surface area contributed by atoms with Gasteiger partial charge in [-0.25, -0.2) is 9.97 Å². The van der Waals surface area contributed by atoms with E-state index in [1.54, 1.807) is 11.0 Å². The van der Waals surface area contributed by atoms with Gasteiger partial charge in [0, 0.05) is 24.4 Å². The molecule has 6 nitrogen and oxygen atoms in total. The number of carbonyl (C=O) groups excluding carboxylic acids is 1. The van der Waals surface area contributed by atoms with Crippen molar-refractivity contribution < 1.29 is 14.7 Å². The van der Waals surface area contributed by atoms with E-state index in [0.717, 1.165) is 10.2 Å². The summed E-state index contributed by atoms with van der Waals surface area (Å²) in [6.45, 7) is 3.92. The third kappa shape index (κ3) is 3.97. The van der Waals surface area contributed by atoms with E-state index in [9.17, 15) is 14.7 Å². The van der Waals surface area contributed by atoms with E-state index in [0.29, 0.717) is 28.0 Å². The first-order valence-corrected chi connectivity index (χ1v) is 9.69. The zero-order chi connectivity index (χ0) is 18.7. The Morgan fingerprint density at radius 3 is 2.69 bits per heavy atom.